The second-order valence-corrected chi connectivity index (χ2v) is 5.33. The van der Waals surface area contributed by atoms with Crippen molar-refractivity contribution in [3.63, 3.8) is 0 Å². The summed E-state index contributed by atoms with van der Waals surface area (Å²) in [4.78, 5) is 3.97. The third-order valence-electron chi connectivity index (χ3n) is 3.98. The predicted octanol–water partition coefficient (Wildman–Crippen LogP) is 3.32. The molecule has 19 heavy (non-hydrogen) atoms. The number of aromatic nitrogens is 1. The lowest BCUT2D eigenvalue weighted by atomic mass is 9.74. The van der Waals surface area contributed by atoms with Crippen molar-refractivity contribution in [2.24, 2.45) is 17.6 Å². The van der Waals surface area contributed by atoms with Gasteiger partial charge in [-0.3, -0.25) is 4.98 Å². The molecule has 1 heterocycles. The quantitative estimate of drug-likeness (QED) is 0.916. The highest BCUT2D eigenvalue weighted by atomic mass is 19.4. The Bertz CT molecular complexity index is 391. The van der Waals surface area contributed by atoms with Crippen LogP contribution in [-0.4, -0.2) is 17.2 Å². The van der Waals surface area contributed by atoms with E-state index in [4.69, 9.17) is 5.73 Å². The summed E-state index contributed by atoms with van der Waals surface area (Å²) in [5.41, 5.74) is 6.94. The molecule has 0 aromatic carbocycles. The van der Waals surface area contributed by atoms with Crippen molar-refractivity contribution in [3.05, 3.63) is 30.1 Å². The zero-order valence-electron chi connectivity index (χ0n) is 10.7. The molecule has 0 spiro atoms. The van der Waals surface area contributed by atoms with Crippen LogP contribution in [0.25, 0.3) is 0 Å². The van der Waals surface area contributed by atoms with E-state index < -0.39 is 24.1 Å². The van der Waals surface area contributed by atoms with E-state index in [2.05, 4.69) is 4.98 Å². The summed E-state index contributed by atoms with van der Waals surface area (Å²) in [6.45, 7) is 0. The van der Waals surface area contributed by atoms with Gasteiger partial charge in [-0.2, -0.15) is 13.2 Å². The molecular formula is C14H19F3N2. The summed E-state index contributed by atoms with van der Waals surface area (Å²) in [5, 5.41) is 0. The second kappa shape index (κ2) is 5.90. The lowest BCUT2D eigenvalue weighted by Gasteiger charge is -2.36. The molecule has 1 aliphatic carbocycles. The number of hydrogen-bond donors (Lipinski definition) is 1. The monoisotopic (exact) mass is 272 g/mol. The SMILES string of the molecule is NC(Cc1cccnc1)C1CCCCC1C(F)(F)F. The van der Waals surface area contributed by atoms with Crippen LogP contribution in [-0.2, 0) is 6.42 Å². The van der Waals surface area contributed by atoms with Gasteiger partial charge in [0.1, 0.15) is 0 Å². The Hall–Kier alpha value is -1.10. The van der Waals surface area contributed by atoms with Crippen molar-refractivity contribution in [2.75, 3.05) is 0 Å². The van der Waals surface area contributed by atoms with Gasteiger partial charge in [0.2, 0.25) is 0 Å². The summed E-state index contributed by atoms with van der Waals surface area (Å²) in [7, 11) is 0. The Morgan fingerprint density at radius 2 is 2.05 bits per heavy atom. The van der Waals surface area contributed by atoms with Gasteiger partial charge in [-0.1, -0.05) is 18.9 Å². The predicted molar refractivity (Wildman–Crippen MR) is 67.4 cm³/mol. The van der Waals surface area contributed by atoms with Crippen LogP contribution in [0.4, 0.5) is 13.2 Å². The van der Waals surface area contributed by atoms with E-state index in [0.717, 1.165) is 12.0 Å². The maximum Gasteiger partial charge on any atom is 0.392 e. The number of halogens is 3. The first kappa shape index (κ1) is 14.3. The van der Waals surface area contributed by atoms with Crippen LogP contribution in [0.2, 0.25) is 0 Å². The Morgan fingerprint density at radius 1 is 1.32 bits per heavy atom. The van der Waals surface area contributed by atoms with Gasteiger partial charge in [0.25, 0.3) is 0 Å². The van der Waals surface area contributed by atoms with Crippen LogP contribution in [0.3, 0.4) is 0 Å². The van der Waals surface area contributed by atoms with Crippen LogP contribution < -0.4 is 5.73 Å². The zero-order chi connectivity index (χ0) is 13.9. The highest BCUT2D eigenvalue weighted by Crippen LogP contribution is 2.42. The molecule has 0 aliphatic heterocycles. The fourth-order valence-corrected chi connectivity index (χ4v) is 3.02. The van der Waals surface area contributed by atoms with Gasteiger partial charge in [-0.25, -0.2) is 0 Å². The lowest BCUT2D eigenvalue weighted by Crippen LogP contribution is -2.44. The van der Waals surface area contributed by atoms with Gasteiger partial charge in [-0.15, -0.1) is 0 Å². The molecule has 1 fully saturated rings. The number of rotatable bonds is 3. The van der Waals surface area contributed by atoms with Crippen molar-refractivity contribution in [3.8, 4) is 0 Å². The van der Waals surface area contributed by atoms with Crippen molar-refractivity contribution >= 4 is 0 Å². The van der Waals surface area contributed by atoms with Crippen LogP contribution in [0.5, 0.6) is 0 Å². The minimum atomic E-state index is -4.13. The molecule has 0 saturated heterocycles. The van der Waals surface area contributed by atoms with E-state index in [0.29, 0.717) is 19.3 Å². The Labute approximate surface area is 111 Å². The average molecular weight is 272 g/mol. The standard InChI is InChI=1S/C14H19F3N2/c15-14(16,17)12-6-2-1-5-11(12)13(18)8-10-4-3-7-19-9-10/h3-4,7,9,11-13H,1-2,5-6,8,18H2. The summed E-state index contributed by atoms with van der Waals surface area (Å²) < 4.78 is 39.1. The van der Waals surface area contributed by atoms with Crippen LogP contribution >= 0.6 is 0 Å². The van der Waals surface area contributed by atoms with E-state index in [-0.39, 0.29) is 6.42 Å². The first-order chi connectivity index (χ1) is 8.98. The average Bonchev–Trinajstić information content (AvgIpc) is 2.39. The first-order valence-electron chi connectivity index (χ1n) is 6.69. The van der Waals surface area contributed by atoms with Crippen LogP contribution in [0, 0.1) is 11.8 Å². The Kier molecular flexibility index (Phi) is 4.45. The number of pyridine rings is 1. The summed E-state index contributed by atoms with van der Waals surface area (Å²) in [6.07, 6.45) is 1.95. The maximum absolute atomic E-state index is 13.0. The molecule has 0 amide bonds. The second-order valence-electron chi connectivity index (χ2n) is 5.33. The van der Waals surface area contributed by atoms with Crippen molar-refractivity contribution in [1.29, 1.82) is 0 Å². The van der Waals surface area contributed by atoms with E-state index in [1.54, 1.807) is 18.5 Å². The number of nitrogens with two attached hydrogens (primary N) is 1. The van der Waals surface area contributed by atoms with Crippen molar-refractivity contribution < 1.29 is 13.2 Å². The summed E-state index contributed by atoms with van der Waals surface area (Å²) in [5.74, 6) is -1.71. The lowest BCUT2D eigenvalue weighted by molar-refractivity contribution is -0.198. The highest BCUT2D eigenvalue weighted by Gasteiger charge is 2.47. The number of alkyl halides is 3. The topological polar surface area (TPSA) is 38.9 Å². The minimum absolute atomic E-state index is 0.217. The molecule has 0 radical (unpaired) electrons. The maximum atomic E-state index is 13.0. The molecule has 1 aromatic heterocycles. The van der Waals surface area contributed by atoms with Gasteiger partial charge in [0.15, 0.2) is 0 Å². The van der Waals surface area contributed by atoms with Gasteiger partial charge in [0, 0.05) is 18.4 Å². The van der Waals surface area contributed by atoms with E-state index >= 15 is 0 Å². The third kappa shape index (κ3) is 3.69. The van der Waals surface area contributed by atoms with Crippen molar-refractivity contribution in [1.82, 2.24) is 4.98 Å². The largest absolute Gasteiger partial charge is 0.392 e. The van der Waals surface area contributed by atoms with Crippen molar-refractivity contribution in [2.45, 2.75) is 44.3 Å². The first-order valence-corrected chi connectivity index (χ1v) is 6.69. The molecule has 3 unspecified atom stereocenters. The molecule has 1 aliphatic rings. The highest BCUT2D eigenvalue weighted by molar-refractivity contribution is 5.10. The van der Waals surface area contributed by atoms with Gasteiger partial charge in [0.05, 0.1) is 5.92 Å². The summed E-state index contributed by atoms with van der Waals surface area (Å²) in [6, 6.07) is 3.19. The van der Waals surface area contributed by atoms with Gasteiger partial charge >= 0.3 is 6.18 Å². The fraction of sp³-hybridized carbons (Fsp3) is 0.643. The number of nitrogens with zero attached hydrogens (tertiary/aromatic N) is 1. The van der Waals surface area contributed by atoms with Gasteiger partial charge < -0.3 is 5.73 Å². The smallest absolute Gasteiger partial charge is 0.327 e. The Balaban J connectivity index is 2.05. The molecule has 1 aromatic rings. The minimum Gasteiger partial charge on any atom is -0.327 e. The third-order valence-corrected chi connectivity index (χ3v) is 3.98. The molecular weight excluding hydrogens is 253 g/mol. The van der Waals surface area contributed by atoms with E-state index in [1.165, 1.54) is 0 Å². The molecule has 3 atom stereocenters. The molecule has 2 N–H and O–H groups in total. The molecule has 2 nitrogen and oxygen atoms in total. The van der Waals surface area contributed by atoms with Crippen LogP contribution in [0.15, 0.2) is 24.5 Å². The number of hydrogen-bond acceptors (Lipinski definition) is 2. The van der Waals surface area contributed by atoms with E-state index in [1.807, 2.05) is 6.07 Å². The van der Waals surface area contributed by atoms with Crippen LogP contribution in [0.1, 0.15) is 31.2 Å². The fourth-order valence-electron chi connectivity index (χ4n) is 3.02. The molecule has 0 bridgehead atoms. The summed E-state index contributed by atoms with van der Waals surface area (Å²) >= 11 is 0. The van der Waals surface area contributed by atoms with Gasteiger partial charge in [-0.05, 0) is 36.8 Å². The molecule has 1 saturated carbocycles. The zero-order valence-corrected chi connectivity index (χ0v) is 10.7. The molecule has 5 heteroatoms. The van der Waals surface area contributed by atoms with E-state index in [9.17, 15) is 13.2 Å². The molecule has 106 valence electrons. The Morgan fingerprint density at radius 3 is 2.68 bits per heavy atom. The molecule has 2 rings (SSSR count). The normalized spacial score (nSPS) is 26.1.